The minimum Gasteiger partial charge on any atom is -0.334 e. The lowest BCUT2D eigenvalue weighted by Crippen LogP contribution is -2.50. The quantitative estimate of drug-likeness (QED) is 0.759. The van der Waals surface area contributed by atoms with Gasteiger partial charge in [-0.15, -0.1) is 0 Å². The van der Waals surface area contributed by atoms with Crippen molar-refractivity contribution in [2.24, 2.45) is 0 Å². The number of carbonyl (C=O) groups is 2. The zero-order valence-corrected chi connectivity index (χ0v) is 13.5. The molecule has 0 radical (unpaired) electrons. The van der Waals surface area contributed by atoms with E-state index < -0.39 is 0 Å². The van der Waals surface area contributed by atoms with Gasteiger partial charge in [0.05, 0.1) is 11.3 Å². The Kier molecular flexibility index (Phi) is 5.15. The van der Waals surface area contributed by atoms with E-state index in [0.29, 0.717) is 5.56 Å². The smallest absolute Gasteiger partial charge is 0.333 e. The third kappa shape index (κ3) is 3.95. The molecule has 1 saturated carbocycles. The second kappa shape index (κ2) is 7.68. The summed E-state index contributed by atoms with van der Waals surface area (Å²) < 4.78 is 1.86. The van der Waals surface area contributed by atoms with Crippen LogP contribution in [0.5, 0.6) is 0 Å². The Morgan fingerprint density at radius 2 is 1.62 bits per heavy atom. The Hall–Kier alpha value is -2.76. The van der Waals surface area contributed by atoms with Gasteiger partial charge in [-0.3, -0.25) is 10.2 Å². The van der Waals surface area contributed by atoms with E-state index in [-0.39, 0.29) is 18.0 Å². The number of nitrogens with zero attached hydrogens (tertiary/aromatic N) is 1. The summed E-state index contributed by atoms with van der Waals surface area (Å²) in [6.45, 7) is 0. The summed E-state index contributed by atoms with van der Waals surface area (Å²) in [7, 11) is 0. The molecular weight excluding hydrogens is 304 g/mol. The van der Waals surface area contributed by atoms with Crippen LogP contribution in [-0.2, 0) is 0 Å². The van der Waals surface area contributed by atoms with E-state index in [1.165, 1.54) is 6.42 Å². The van der Waals surface area contributed by atoms with E-state index in [1.807, 2.05) is 41.2 Å². The lowest BCUT2D eigenvalue weighted by Gasteiger charge is -2.23. The third-order valence-electron chi connectivity index (χ3n) is 4.26. The Morgan fingerprint density at radius 1 is 0.917 bits per heavy atom. The average Bonchev–Trinajstić information content (AvgIpc) is 3.15. The predicted molar refractivity (Wildman–Crippen MR) is 91.8 cm³/mol. The van der Waals surface area contributed by atoms with Gasteiger partial charge in [-0.1, -0.05) is 31.4 Å². The van der Waals surface area contributed by atoms with Crippen LogP contribution in [0.1, 0.15) is 42.5 Å². The van der Waals surface area contributed by atoms with Gasteiger partial charge in [-0.2, -0.15) is 0 Å². The summed E-state index contributed by atoms with van der Waals surface area (Å²) in [6.07, 6.45) is 9.25. The number of nitrogens with one attached hydrogen (secondary N) is 3. The van der Waals surface area contributed by atoms with E-state index >= 15 is 0 Å². The minimum absolute atomic E-state index is 0.197. The number of hydrogen-bond acceptors (Lipinski definition) is 2. The fraction of sp³-hybridized carbons (Fsp3) is 0.333. The second-order valence-corrected chi connectivity index (χ2v) is 5.99. The van der Waals surface area contributed by atoms with Crippen molar-refractivity contribution in [3.63, 3.8) is 0 Å². The molecule has 1 fully saturated rings. The van der Waals surface area contributed by atoms with Gasteiger partial charge >= 0.3 is 6.03 Å². The van der Waals surface area contributed by atoms with Crippen molar-refractivity contribution < 1.29 is 9.59 Å². The average molecular weight is 326 g/mol. The van der Waals surface area contributed by atoms with E-state index in [4.69, 9.17) is 0 Å². The van der Waals surface area contributed by atoms with E-state index in [9.17, 15) is 9.59 Å². The number of benzene rings is 1. The highest BCUT2D eigenvalue weighted by Crippen LogP contribution is 2.17. The SMILES string of the molecule is O=C(NNC(=O)c1ccccc1-n1cccc1)NC1CCCCC1. The van der Waals surface area contributed by atoms with Crippen LogP contribution in [0, 0.1) is 0 Å². The summed E-state index contributed by atoms with van der Waals surface area (Å²) in [5.74, 6) is -0.349. The number of carbonyl (C=O) groups excluding carboxylic acids is 2. The number of rotatable bonds is 3. The molecule has 126 valence electrons. The standard InChI is InChI=1S/C18H22N4O2/c23-17(20-21-18(24)19-14-8-2-1-3-9-14)15-10-4-5-11-16(15)22-12-6-7-13-22/h4-7,10-14H,1-3,8-9H2,(H,20,23)(H2,19,21,24). The molecule has 1 heterocycles. The lowest BCUT2D eigenvalue weighted by molar-refractivity contribution is 0.0935. The first-order chi connectivity index (χ1) is 11.7. The molecule has 2 aromatic rings. The summed E-state index contributed by atoms with van der Waals surface area (Å²) >= 11 is 0. The summed E-state index contributed by atoms with van der Waals surface area (Å²) in [4.78, 5) is 24.3. The predicted octanol–water partition coefficient (Wildman–Crippen LogP) is 2.75. The zero-order chi connectivity index (χ0) is 16.8. The van der Waals surface area contributed by atoms with Crippen LogP contribution in [0.2, 0.25) is 0 Å². The van der Waals surface area contributed by atoms with Crippen molar-refractivity contribution in [2.75, 3.05) is 0 Å². The third-order valence-corrected chi connectivity index (χ3v) is 4.26. The van der Waals surface area contributed by atoms with Crippen LogP contribution in [0.4, 0.5) is 4.79 Å². The molecule has 1 aromatic carbocycles. The van der Waals surface area contributed by atoms with Crippen molar-refractivity contribution in [1.82, 2.24) is 20.7 Å². The Morgan fingerprint density at radius 3 is 2.38 bits per heavy atom. The first-order valence-corrected chi connectivity index (χ1v) is 8.33. The van der Waals surface area contributed by atoms with Crippen LogP contribution in [0.3, 0.4) is 0 Å². The number of urea groups is 1. The molecule has 0 atom stereocenters. The molecule has 0 bridgehead atoms. The van der Waals surface area contributed by atoms with Gasteiger partial charge in [0.2, 0.25) is 0 Å². The maximum Gasteiger partial charge on any atom is 0.333 e. The normalized spacial score (nSPS) is 14.8. The highest BCUT2D eigenvalue weighted by molar-refractivity contribution is 5.98. The van der Waals surface area contributed by atoms with Crippen LogP contribution < -0.4 is 16.2 Å². The van der Waals surface area contributed by atoms with Crippen molar-refractivity contribution in [3.8, 4) is 5.69 Å². The molecule has 1 aliphatic carbocycles. The number of hydrogen-bond donors (Lipinski definition) is 3. The van der Waals surface area contributed by atoms with Crippen molar-refractivity contribution in [2.45, 2.75) is 38.1 Å². The van der Waals surface area contributed by atoms with E-state index in [2.05, 4.69) is 16.2 Å². The van der Waals surface area contributed by atoms with Crippen molar-refractivity contribution in [1.29, 1.82) is 0 Å². The fourth-order valence-corrected chi connectivity index (χ4v) is 3.04. The van der Waals surface area contributed by atoms with Gasteiger partial charge in [-0.05, 0) is 37.1 Å². The highest BCUT2D eigenvalue weighted by atomic mass is 16.2. The molecule has 0 unspecified atom stereocenters. The van der Waals surface area contributed by atoms with Gasteiger partial charge in [0, 0.05) is 18.4 Å². The van der Waals surface area contributed by atoms with E-state index in [1.54, 1.807) is 12.1 Å². The highest BCUT2D eigenvalue weighted by Gasteiger charge is 2.17. The number of para-hydroxylation sites is 1. The molecule has 1 aliphatic rings. The summed E-state index contributed by atoms with van der Waals surface area (Å²) in [5, 5.41) is 2.90. The van der Waals surface area contributed by atoms with Crippen molar-refractivity contribution >= 4 is 11.9 Å². The molecule has 0 aliphatic heterocycles. The Labute approximate surface area is 141 Å². The molecule has 3 amide bonds. The maximum absolute atomic E-state index is 12.4. The fourth-order valence-electron chi connectivity index (χ4n) is 3.04. The monoisotopic (exact) mass is 326 g/mol. The molecular formula is C18H22N4O2. The van der Waals surface area contributed by atoms with Crippen LogP contribution in [0.25, 0.3) is 5.69 Å². The summed E-state index contributed by atoms with van der Waals surface area (Å²) in [5.41, 5.74) is 6.17. The summed E-state index contributed by atoms with van der Waals surface area (Å²) in [6, 6.07) is 10.9. The van der Waals surface area contributed by atoms with Gasteiger partial charge in [-0.25, -0.2) is 10.2 Å². The number of hydrazine groups is 1. The first-order valence-electron chi connectivity index (χ1n) is 8.33. The molecule has 24 heavy (non-hydrogen) atoms. The second-order valence-electron chi connectivity index (χ2n) is 5.99. The van der Waals surface area contributed by atoms with Gasteiger partial charge < -0.3 is 9.88 Å². The van der Waals surface area contributed by atoms with Crippen LogP contribution >= 0.6 is 0 Å². The topological polar surface area (TPSA) is 75.2 Å². The largest absolute Gasteiger partial charge is 0.334 e. The van der Waals surface area contributed by atoms with Gasteiger partial charge in [0.25, 0.3) is 5.91 Å². The van der Waals surface area contributed by atoms with Gasteiger partial charge in [0.15, 0.2) is 0 Å². The molecule has 0 saturated heterocycles. The molecule has 1 aromatic heterocycles. The number of aromatic nitrogens is 1. The van der Waals surface area contributed by atoms with Crippen molar-refractivity contribution in [3.05, 3.63) is 54.4 Å². The van der Waals surface area contributed by atoms with Gasteiger partial charge in [0.1, 0.15) is 0 Å². The molecule has 6 nitrogen and oxygen atoms in total. The lowest BCUT2D eigenvalue weighted by atomic mass is 9.96. The first kappa shape index (κ1) is 16.1. The zero-order valence-electron chi connectivity index (χ0n) is 13.5. The Balaban J connectivity index is 1.58. The van der Waals surface area contributed by atoms with Crippen LogP contribution in [0.15, 0.2) is 48.8 Å². The molecule has 6 heteroatoms. The molecule has 3 rings (SSSR count). The molecule has 3 N–H and O–H groups in total. The maximum atomic E-state index is 12.4. The van der Waals surface area contributed by atoms with E-state index in [0.717, 1.165) is 31.4 Å². The number of amides is 3. The molecule has 0 spiro atoms. The Bertz CT molecular complexity index is 691. The minimum atomic E-state index is -0.367. The van der Waals surface area contributed by atoms with Crippen LogP contribution in [-0.4, -0.2) is 22.5 Å².